The van der Waals surface area contributed by atoms with E-state index in [4.69, 9.17) is 28.8 Å². The second-order valence-corrected chi connectivity index (χ2v) is 8.72. The average molecular weight is 557 g/mol. The Kier molecular flexibility index (Phi) is 9.32. The second-order valence-electron chi connectivity index (χ2n) is 8.72. The van der Waals surface area contributed by atoms with Crippen molar-refractivity contribution in [2.45, 2.75) is 6.92 Å². The van der Waals surface area contributed by atoms with Crippen molar-refractivity contribution < 1.29 is 33.6 Å². The molecule has 1 aromatic heterocycles. The van der Waals surface area contributed by atoms with Gasteiger partial charge in [0.15, 0.2) is 23.0 Å². The van der Waals surface area contributed by atoms with Crippen LogP contribution in [0.15, 0.2) is 60.7 Å². The highest BCUT2D eigenvalue weighted by molar-refractivity contribution is 5.92. The van der Waals surface area contributed by atoms with Crippen molar-refractivity contribution in [1.82, 2.24) is 9.78 Å². The Balaban J connectivity index is 1.73. The highest BCUT2D eigenvalue weighted by atomic mass is 16.5. The first-order valence-corrected chi connectivity index (χ1v) is 12.8. The zero-order chi connectivity index (χ0) is 29.4. The third-order valence-electron chi connectivity index (χ3n) is 6.19. The lowest BCUT2D eigenvalue weighted by atomic mass is 10.1. The summed E-state index contributed by atoms with van der Waals surface area (Å²) in [5, 5.41) is 15.3. The Hall–Kier alpha value is -5.18. The van der Waals surface area contributed by atoms with Gasteiger partial charge < -0.3 is 28.8 Å². The first kappa shape index (κ1) is 28.8. The molecule has 0 radical (unpaired) electrons. The summed E-state index contributed by atoms with van der Waals surface area (Å²) in [4.78, 5) is 12.2. The molecule has 0 saturated carbocycles. The summed E-state index contributed by atoms with van der Waals surface area (Å²) in [6.07, 6.45) is 7.61. The molecule has 0 aliphatic heterocycles. The third-order valence-corrected chi connectivity index (χ3v) is 6.19. The Morgan fingerprint density at radius 1 is 0.756 bits per heavy atom. The minimum absolute atomic E-state index is 0.0822. The smallest absolute Gasteiger partial charge is 0.341 e. The maximum Gasteiger partial charge on any atom is 0.341 e. The van der Waals surface area contributed by atoms with Gasteiger partial charge in [0.1, 0.15) is 11.3 Å². The van der Waals surface area contributed by atoms with Gasteiger partial charge in [-0.15, -0.1) is 0 Å². The molecule has 0 spiro atoms. The van der Waals surface area contributed by atoms with Crippen molar-refractivity contribution in [2.75, 3.05) is 35.0 Å². The largest absolute Gasteiger partial charge is 0.507 e. The number of phenolic OH excluding ortho intramolecular Hbond substituents is 1. The second kappa shape index (κ2) is 13.3. The van der Waals surface area contributed by atoms with E-state index >= 15 is 0 Å². The lowest BCUT2D eigenvalue weighted by molar-refractivity contribution is 0.0523. The predicted molar refractivity (Wildman–Crippen MR) is 158 cm³/mol. The molecule has 3 aromatic carbocycles. The molecule has 0 aliphatic rings. The van der Waals surface area contributed by atoms with Crippen LogP contribution >= 0.6 is 0 Å². The summed E-state index contributed by atoms with van der Waals surface area (Å²) in [7, 11) is 6.36. The molecule has 9 heteroatoms. The summed E-state index contributed by atoms with van der Waals surface area (Å²) >= 11 is 0. The van der Waals surface area contributed by atoms with E-state index in [1.807, 2.05) is 66.8 Å². The highest BCUT2D eigenvalue weighted by Crippen LogP contribution is 2.30. The SMILES string of the molecule is CCOC(=O)c1ccc(-n2nc(/C=C/c3ccc(OC)c(OC)c3)cc2/C=C/c2ccc(OC)c(OC)c2)cc1O. The van der Waals surface area contributed by atoms with Gasteiger partial charge in [0.25, 0.3) is 0 Å². The summed E-state index contributed by atoms with van der Waals surface area (Å²) < 4.78 is 28.2. The number of aromatic hydroxyl groups is 1. The van der Waals surface area contributed by atoms with Crippen LogP contribution in [0.1, 0.15) is 39.8 Å². The summed E-state index contributed by atoms with van der Waals surface area (Å²) in [5.41, 5.74) is 3.83. The van der Waals surface area contributed by atoms with Crippen molar-refractivity contribution >= 4 is 30.3 Å². The first-order valence-electron chi connectivity index (χ1n) is 12.8. The van der Waals surface area contributed by atoms with Crippen molar-refractivity contribution in [3.8, 4) is 34.4 Å². The number of aromatic nitrogens is 2. The Labute approximate surface area is 238 Å². The van der Waals surface area contributed by atoms with Gasteiger partial charge in [0.05, 0.1) is 52.1 Å². The molecule has 1 heterocycles. The fourth-order valence-corrected chi connectivity index (χ4v) is 4.13. The molecule has 0 fully saturated rings. The number of carbonyl (C=O) groups excluding carboxylic acids is 1. The molecule has 0 bridgehead atoms. The molecule has 0 saturated heterocycles. The topological polar surface area (TPSA) is 101 Å². The first-order chi connectivity index (χ1) is 19.9. The number of carbonyl (C=O) groups is 1. The zero-order valence-electron chi connectivity index (χ0n) is 23.6. The van der Waals surface area contributed by atoms with E-state index in [-0.39, 0.29) is 17.9 Å². The van der Waals surface area contributed by atoms with Crippen LogP contribution in [0.2, 0.25) is 0 Å². The minimum Gasteiger partial charge on any atom is -0.507 e. The van der Waals surface area contributed by atoms with Crippen LogP contribution in [0.4, 0.5) is 0 Å². The quantitative estimate of drug-likeness (QED) is 0.220. The summed E-state index contributed by atoms with van der Waals surface area (Å²) in [6, 6.07) is 17.8. The molecule has 0 unspecified atom stereocenters. The number of nitrogens with zero attached hydrogens (tertiary/aromatic N) is 2. The van der Waals surface area contributed by atoms with Gasteiger partial charge in [-0.2, -0.15) is 5.10 Å². The number of hydrogen-bond acceptors (Lipinski definition) is 8. The van der Waals surface area contributed by atoms with Gasteiger partial charge >= 0.3 is 5.97 Å². The molecule has 0 atom stereocenters. The Morgan fingerprint density at radius 2 is 1.34 bits per heavy atom. The van der Waals surface area contributed by atoms with E-state index in [1.165, 1.54) is 12.1 Å². The van der Waals surface area contributed by atoms with Crippen LogP contribution in [-0.4, -0.2) is 55.9 Å². The Morgan fingerprint density at radius 3 is 1.88 bits per heavy atom. The van der Waals surface area contributed by atoms with E-state index in [2.05, 4.69) is 0 Å². The van der Waals surface area contributed by atoms with Crippen molar-refractivity contribution in [3.63, 3.8) is 0 Å². The molecule has 0 aliphatic carbocycles. The number of ether oxygens (including phenoxy) is 5. The van der Waals surface area contributed by atoms with E-state index in [0.717, 1.165) is 16.8 Å². The monoisotopic (exact) mass is 556 g/mol. The van der Waals surface area contributed by atoms with Gasteiger partial charge in [-0.25, -0.2) is 9.48 Å². The lowest BCUT2D eigenvalue weighted by Gasteiger charge is -2.09. The van der Waals surface area contributed by atoms with Crippen molar-refractivity contribution in [2.24, 2.45) is 0 Å². The maximum absolute atomic E-state index is 12.2. The van der Waals surface area contributed by atoms with Gasteiger partial charge in [-0.1, -0.05) is 24.3 Å². The van der Waals surface area contributed by atoms with Crippen LogP contribution in [0.25, 0.3) is 30.0 Å². The molecule has 4 rings (SSSR count). The third kappa shape index (κ3) is 6.70. The molecular weight excluding hydrogens is 524 g/mol. The molecule has 4 aromatic rings. The summed E-state index contributed by atoms with van der Waals surface area (Å²) in [6.45, 7) is 1.92. The molecule has 9 nitrogen and oxygen atoms in total. The fourth-order valence-electron chi connectivity index (χ4n) is 4.13. The van der Waals surface area contributed by atoms with Crippen molar-refractivity contribution in [3.05, 3.63) is 88.7 Å². The van der Waals surface area contributed by atoms with Gasteiger partial charge in [-0.3, -0.25) is 0 Å². The van der Waals surface area contributed by atoms with E-state index in [1.54, 1.807) is 46.1 Å². The van der Waals surface area contributed by atoms with Crippen LogP contribution in [0, 0.1) is 0 Å². The molecule has 212 valence electrons. The predicted octanol–water partition coefficient (Wildman–Crippen LogP) is 6.13. The number of hydrogen-bond donors (Lipinski definition) is 1. The van der Waals surface area contributed by atoms with Gasteiger partial charge in [-0.05, 0) is 72.7 Å². The highest BCUT2D eigenvalue weighted by Gasteiger charge is 2.15. The van der Waals surface area contributed by atoms with Crippen LogP contribution < -0.4 is 18.9 Å². The maximum atomic E-state index is 12.2. The molecular formula is C32H32N2O7. The number of phenols is 1. The molecule has 0 amide bonds. The molecule has 41 heavy (non-hydrogen) atoms. The van der Waals surface area contributed by atoms with E-state index in [9.17, 15) is 9.90 Å². The van der Waals surface area contributed by atoms with Crippen molar-refractivity contribution in [1.29, 1.82) is 0 Å². The number of benzene rings is 3. The van der Waals surface area contributed by atoms with Crippen LogP contribution in [0.3, 0.4) is 0 Å². The number of esters is 1. The number of rotatable bonds is 11. The Bertz CT molecular complexity index is 1590. The minimum atomic E-state index is -0.593. The van der Waals surface area contributed by atoms with Crippen LogP contribution in [0.5, 0.6) is 28.7 Å². The number of methoxy groups -OCH3 is 4. The van der Waals surface area contributed by atoms with E-state index in [0.29, 0.717) is 34.4 Å². The van der Waals surface area contributed by atoms with Gasteiger partial charge in [0.2, 0.25) is 0 Å². The zero-order valence-corrected chi connectivity index (χ0v) is 23.6. The molecule has 1 N–H and O–H groups in total. The summed E-state index contributed by atoms with van der Waals surface area (Å²) in [5.74, 6) is 1.71. The standard InChI is InChI=1S/C32H32N2O7/c1-6-41-32(36)26-14-13-25(20-27(26)35)34-24(12-8-22-10-16-29(38-3)31(18-22)40-5)19-23(33-34)11-7-21-9-15-28(37-2)30(17-21)39-4/h7-20,35H,6H2,1-5H3/b11-7+,12-8+. The normalized spacial score (nSPS) is 11.1. The van der Waals surface area contributed by atoms with Gasteiger partial charge in [0, 0.05) is 6.07 Å². The lowest BCUT2D eigenvalue weighted by Crippen LogP contribution is -2.06. The van der Waals surface area contributed by atoms with E-state index < -0.39 is 5.97 Å². The average Bonchev–Trinajstić information content (AvgIpc) is 3.41. The fraction of sp³-hybridized carbons (Fsp3) is 0.188. The van der Waals surface area contributed by atoms with Crippen LogP contribution in [-0.2, 0) is 4.74 Å².